The Hall–Kier alpha value is -2.67. The summed E-state index contributed by atoms with van der Waals surface area (Å²) in [6.45, 7) is 3.20. The first-order valence-electron chi connectivity index (χ1n) is 9.77. The van der Waals surface area contributed by atoms with Crippen molar-refractivity contribution in [3.05, 3.63) is 47.0 Å². The fourth-order valence-electron chi connectivity index (χ4n) is 4.01. The Morgan fingerprint density at radius 2 is 2.04 bits per heavy atom. The number of rotatable bonds is 4. The molecule has 1 saturated heterocycles. The summed E-state index contributed by atoms with van der Waals surface area (Å²) < 4.78 is 10.8. The lowest BCUT2D eigenvalue weighted by molar-refractivity contribution is 0.0729. The average molecular weight is 382 g/mol. The normalized spacial score (nSPS) is 17.1. The summed E-state index contributed by atoms with van der Waals surface area (Å²) in [5, 5.41) is 3.38. The van der Waals surface area contributed by atoms with E-state index in [1.165, 1.54) is 0 Å². The minimum atomic E-state index is -0.0659. The molecule has 0 radical (unpaired) electrons. The fourth-order valence-corrected chi connectivity index (χ4v) is 4.01. The van der Waals surface area contributed by atoms with Gasteiger partial charge in [0.15, 0.2) is 11.5 Å². The second kappa shape index (κ2) is 8.14. The second-order valence-corrected chi connectivity index (χ2v) is 7.24. The third kappa shape index (κ3) is 3.54. The van der Waals surface area contributed by atoms with Crippen molar-refractivity contribution in [1.29, 1.82) is 0 Å². The zero-order valence-electron chi connectivity index (χ0n) is 16.4. The van der Waals surface area contributed by atoms with Crippen molar-refractivity contribution in [3.8, 4) is 11.5 Å². The molecule has 0 saturated carbocycles. The SMILES string of the molecule is COc1cccc(C(=O)N2CCc3nc(C4CCNCC4)ncc3C2)c1OC. The standard InChI is InChI=1S/C21H26N4O3/c1-27-18-5-3-4-16(19(18)28-2)21(26)25-11-8-17-15(13-25)12-23-20(24-17)14-6-9-22-10-7-14/h3-5,12,14,22H,6-11,13H2,1-2H3. The maximum absolute atomic E-state index is 13.1. The van der Waals surface area contributed by atoms with Crippen LogP contribution in [0.15, 0.2) is 24.4 Å². The number of methoxy groups -OCH3 is 2. The van der Waals surface area contributed by atoms with Crippen LogP contribution in [0, 0.1) is 0 Å². The molecule has 2 aliphatic rings. The van der Waals surface area contributed by atoms with E-state index in [1.54, 1.807) is 32.4 Å². The molecule has 1 aromatic heterocycles. The van der Waals surface area contributed by atoms with Crippen molar-refractivity contribution in [3.63, 3.8) is 0 Å². The van der Waals surface area contributed by atoms with Gasteiger partial charge in [-0.05, 0) is 38.1 Å². The van der Waals surface area contributed by atoms with Crippen LogP contribution in [0.25, 0.3) is 0 Å². The number of carbonyl (C=O) groups is 1. The molecule has 7 heteroatoms. The molecule has 0 unspecified atom stereocenters. The van der Waals surface area contributed by atoms with Gasteiger partial charge in [-0.25, -0.2) is 9.97 Å². The molecule has 1 aromatic carbocycles. The maximum atomic E-state index is 13.1. The topological polar surface area (TPSA) is 76.6 Å². The molecule has 1 N–H and O–H groups in total. The van der Waals surface area contributed by atoms with Crippen LogP contribution in [-0.4, -0.2) is 54.6 Å². The van der Waals surface area contributed by atoms with Gasteiger partial charge in [-0.3, -0.25) is 4.79 Å². The smallest absolute Gasteiger partial charge is 0.258 e. The van der Waals surface area contributed by atoms with Crippen molar-refractivity contribution in [1.82, 2.24) is 20.2 Å². The maximum Gasteiger partial charge on any atom is 0.258 e. The number of hydrogen-bond donors (Lipinski definition) is 1. The Morgan fingerprint density at radius 3 is 2.79 bits per heavy atom. The van der Waals surface area contributed by atoms with E-state index < -0.39 is 0 Å². The van der Waals surface area contributed by atoms with Crippen LogP contribution in [0.4, 0.5) is 0 Å². The van der Waals surface area contributed by atoms with Crippen molar-refractivity contribution >= 4 is 5.91 Å². The van der Waals surface area contributed by atoms with Crippen molar-refractivity contribution < 1.29 is 14.3 Å². The van der Waals surface area contributed by atoms with Gasteiger partial charge >= 0.3 is 0 Å². The summed E-state index contributed by atoms with van der Waals surface area (Å²) in [4.78, 5) is 24.4. The van der Waals surface area contributed by atoms with E-state index in [-0.39, 0.29) is 5.91 Å². The van der Waals surface area contributed by atoms with Crippen molar-refractivity contribution in [2.45, 2.75) is 31.7 Å². The van der Waals surface area contributed by atoms with Gasteiger partial charge in [0.2, 0.25) is 0 Å². The van der Waals surface area contributed by atoms with Gasteiger partial charge < -0.3 is 19.7 Å². The summed E-state index contributed by atoms with van der Waals surface area (Å²) >= 11 is 0. The Balaban J connectivity index is 1.53. The largest absolute Gasteiger partial charge is 0.493 e. The highest BCUT2D eigenvalue weighted by Crippen LogP contribution is 2.32. The number of para-hydroxylation sites is 1. The molecule has 3 heterocycles. The number of ether oxygens (including phenoxy) is 2. The minimum absolute atomic E-state index is 0.0659. The Bertz CT molecular complexity index is 865. The van der Waals surface area contributed by atoms with Gasteiger partial charge in [0, 0.05) is 37.2 Å². The van der Waals surface area contributed by atoms with E-state index in [4.69, 9.17) is 14.5 Å². The van der Waals surface area contributed by atoms with Gasteiger partial charge in [0.1, 0.15) is 5.82 Å². The molecule has 0 bridgehead atoms. The van der Waals surface area contributed by atoms with Crippen LogP contribution in [0.2, 0.25) is 0 Å². The summed E-state index contributed by atoms with van der Waals surface area (Å²) in [6, 6.07) is 5.37. The summed E-state index contributed by atoms with van der Waals surface area (Å²) in [7, 11) is 3.12. The number of fused-ring (bicyclic) bond motifs is 1. The van der Waals surface area contributed by atoms with E-state index in [0.717, 1.165) is 49.4 Å². The molecule has 7 nitrogen and oxygen atoms in total. The van der Waals surface area contributed by atoms with Crippen LogP contribution in [0.3, 0.4) is 0 Å². The predicted molar refractivity (Wildman–Crippen MR) is 105 cm³/mol. The zero-order chi connectivity index (χ0) is 19.5. The number of benzene rings is 1. The molecular weight excluding hydrogens is 356 g/mol. The van der Waals surface area contributed by atoms with E-state index in [0.29, 0.717) is 36.1 Å². The van der Waals surface area contributed by atoms with E-state index in [9.17, 15) is 4.79 Å². The molecule has 4 rings (SSSR count). The molecule has 2 aromatic rings. The number of aromatic nitrogens is 2. The average Bonchev–Trinajstić information content (AvgIpc) is 2.77. The molecule has 2 aliphatic heterocycles. The predicted octanol–water partition coefficient (Wildman–Crippen LogP) is 2.16. The Kier molecular flexibility index (Phi) is 5.43. The lowest BCUT2D eigenvalue weighted by atomic mass is 9.96. The monoisotopic (exact) mass is 382 g/mol. The van der Waals surface area contributed by atoms with Crippen molar-refractivity contribution in [2.75, 3.05) is 33.9 Å². The van der Waals surface area contributed by atoms with Crippen LogP contribution in [0.1, 0.15) is 46.2 Å². The molecule has 148 valence electrons. The molecule has 0 spiro atoms. The number of piperidine rings is 1. The minimum Gasteiger partial charge on any atom is -0.493 e. The third-order valence-electron chi connectivity index (χ3n) is 5.58. The van der Waals surface area contributed by atoms with Crippen LogP contribution in [0.5, 0.6) is 11.5 Å². The van der Waals surface area contributed by atoms with E-state index in [1.807, 2.05) is 11.1 Å². The lowest BCUT2D eigenvalue weighted by Crippen LogP contribution is -2.37. The number of amides is 1. The highest BCUT2D eigenvalue weighted by molar-refractivity contribution is 5.98. The quantitative estimate of drug-likeness (QED) is 0.873. The van der Waals surface area contributed by atoms with Crippen LogP contribution >= 0.6 is 0 Å². The fraction of sp³-hybridized carbons (Fsp3) is 0.476. The molecular formula is C21H26N4O3. The molecule has 0 aliphatic carbocycles. The summed E-state index contributed by atoms with van der Waals surface area (Å²) in [6.07, 6.45) is 4.81. The highest BCUT2D eigenvalue weighted by atomic mass is 16.5. The molecule has 1 amide bonds. The first-order chi connectivity index (χ1) is 13.7. The van der Waals surface area contributed by atoms with Gasteiger partial charge in [-0.15, -0.1) is 0 Å². The van der Waals surface area contributed by atoms with Gasteiger partial charge in [0.25, 0.3) is 5.91 Å². The van der Waals surface area contributed by atoms with E-state index in [2.05, 4.69) is 10.3 Å². The zero-order valence-corrected chi connectivity index (χ0v) is 16.4. The molecule has 28 heavy (non-hydrogen) atoms. The highest BCUT2D eigenvalue weighted by Gasteiger charge is 2.27. The Morgan fingerprint density at radius 1 is 1.21 bits per heavy atom. The number of nitrogens with one attached hydrogen (secondary N) is 1. The number of carbonyl (C=O) groups excluding carboxylic acids is 1. The number of nitrogens with zero attached hydrogens (tertiary/aromatic N) is 3. The van der Waals surface area contributed by atoms with Gasteiger partial charge in [-0.1, -0.05) is 6.07 Å². The molecule has 0 atom stereocenters. The Labute approximate surface area is 165 Å². The third-order valence-corrected chi connectivity index (χ3v) is 5.58. The summed E-state index contributed by atoms with van der Waals surface area (Å²) in [5.41, 5.74) is 2.61. The first kappa shape index (κ1) is 18.7. The van der Waals surface area contributed by atoms with Gasteiger partial charge in [0.05, 0.1) is 25.5 Å². The van der Waals surface area contributed by atoms with E-state index >= 15 is 0 Å². The van der Waals surface area contributed by atoms with Crippen molar-refractivity contribution in [2.24, 2.45) is 0 Å². The lowest BCUT2D eigenvalue weighted by Gasteiger charge is -2.29. The van der Waals surface area contributed by atoms with Gasteiger partial charge in [-0.2, -0.15) is 0 Å². The van der Waals surface area contributed by atoms with Crippen LogP contribution in [-0.2, 0) is 13.0 Å². The first-order valence-corrected chi connectivity index (χ1v) is 9.77. The van der Waals surface area contributed by atoms with Crippen LogP contribution < -0.4 is 14.8 Å². The number of hydrogen-bond acceptors (Lipinski definition) is 6. The summed E-state index contributed by atoms with van der Waals surface area (Å²) in [5.74, 6) is 2.35. The second-order valence-electron chi connectivity index (χ2n) is 7.24. The molecule has 1 fully saturated rings.